The normalized spacial score (nSPS) is 22.9. The molecule has 0 aromatic heterocycles. The van der Waals surface area contributed by atoms with Crippen LogP contribution in [0.1, 0.15) is 69.1 Å². The molecule has 21 heavy (non-hydrogen) atoms. The van der Waals surface area contributed by atoms with Gasteiger partial charge in [-0.1, -0.05) is 18.9 Å². The molecule has 0 amide bonds. The zero-order chi connectivity index (χ0) is 15.0. The second-order valence-corrected chi connectivity index (χ2v) is 6.88. The number of anilines is 1. The van der Waals surface area contributed by atoms with Crippen LogP contribution in [0.3, 0.4) is 0 Å². The van der Waals surface area contributed by atoms with Gasteiger partial charge in [0.25, 0.3) is 0 Å². The summed E-state index contributed by atoms with van der Waals surface area (Å²) in [5.41, 5.74) is 13.3. The number of nitrogens with two attached hydrogens (primary N) is 1. The van der Waals surface area contributed by atoms with Crippen LogP contribution in [0.2, 0.25) is 0 Å². The second kappa shape index (κ2) is 5.75. The molecule has 3 rings (SSSR count). The minimum atomic E-state index is 0.332. The van der Waals surface area contributed by atoms with Gasteiger partial charge >= 0.3 is 0 Å². The van der Waals surface area contributed by atoms with Crippen LogP contribution in [-0.4, -0.2) is 5.11 Å². The van der Waals surface area contributed by atoms with Gasteiger partial charge in [0, 0.05) is 5.56 Å². The van der Waals surface area contributed by atoms with Crippen molar-refractivity contribution in [3.05, 3.63) is 28.3 Å². The Morgan fingerprint density at radius 2 is 1.81 bits per heavy atom. The number of rotatable bonds is 1. The summed E-state index contributed by atoms with van der Waals surface area (Å²) in [5.74, 6) is 0.852. The maximum Gasteiger partial charge on any atom is 0.146 e. The molecule has 2 aliphatic carbocycles. The van der Waals surface area contributed by atoms with Gasteiger partial charge in [0.1, 0.15) is 5.75 Å². The van der Waals surface area contributed by atoms with E-state index in [-0.39, 0.29) is 0 Å². The van der Waals surface area contributed by atoms with Crippen LogP contribution in [0.25, 0.3) is 5.57 Å². The zero-order valence-corrected chi connectivity index (χ0v) is 13.3. The molecule has 0 aliphatic heterocycles. The van der Waals surface area contributed by atoms with E-state index in [2.05, 4.69) is 13.8 Å². The van der Waals surface area contributed by atoms with Crippen LogP contribution in [0.4, 0.5) is 5.69 Å². The average molecular weight is 285 g/mol. The Bertz CT molecular complexity index is 586. The number of allylic oxidation sites excluding steroid dienone is 2. The molecule has 2 nitrogen and oxygen atoms in total. The monoisotopic (exact) mass is 285 g/mol. The van der Waals surface area contributed by atoms with E-state index in [9.17, 15) is 5.11 Å². The minimum Gasteiger partial charge on any atom is -0.505 e. The van der Waals surface area contributed by atoms with Gasteiger partial charge in [-0.3, -0.25) is 0 Å². The lowest BCUT2D eigenvalue weighted by Gasteiger charge is -2.26. The molecule has 1 atom stereocenters. The van der Waals surface area contributed by atoms with E-state index >= 15 is 0 Å². The van der Waals surface area contributed by atoms with Gasteiger partial charge in [0.15, 0.2) is 0 Å². The topological polar surface area (TPSA) is 46.2 Å². The molecule has 0 fully saturated rings. The second-order valence-electron chi connectivity index (χ2n) is 6.88. The van der Waals surface area contributed by atoms with Gasteiger partial charge in [-0.25, -0.2) is 0 Å². The van der Waals surface area contributed by atoms with Gasteiger partial charge in [-0.05, 0) is 80.6 Å². The molecule has 2 heteroatoms. The molecule has 114 valence electrons. The van der Waals surface area contributed by atoms with Crippen LogP contribution in [0.5, 0.6) is 5.75 Å². The van der Waals surface area contributed by atoms with E-state index in [0.29, 0.717) is 17.4 Å². The predicted molar refractivity (Wildman–Crippen MR) is 89.4 cm³/mol. The third kappa shape index (κ3) is 2.56. The highest BCUT2D eigenvalue weighted by molar-refractivity contribution is 5.82. The Labute approximate surface area is 128 Å². The standard InChI is InChI=1S/C19H27NO/c1-12-7-3-4-8-13(2)17(12)18-15-10-6-5-9-14(15)11-16(20)19(18)21/h11-12,21H,3-10,20H2,1-2H3/t12-/m0/s1. The molecule has 0 heterocycles. The predicted octanol–water partition coefficient (Wildman–Crippen LogP) is 4.84. The van der Waals surface area contributed by atoms with Crippen molar-refractivity contribution in [1.29, 1.82) is 0 Å². The molecule has 0 saturated carbocycles. The van der Waals surface area contributed by atoms with E-state index in [1.165, 1.54) is 54.4 Å². The van der Waals surface area contributed by atoms with Gasteiger partial charge in [0.05, 0.1) is 5.69 Å². The van der Waals surface area contributed by atoms with Gasteiger partial charge in [0.2, 0.25) is 0 Å². The van der Waals surface area contributed by atoms with Crippen LogP contribution in [-0.2, 0) is 12.8 Å². The average Bonchev–Trinajstić information content (AvgIpc) is 2.63. The maximum absolute atomic E-state index is 10.7. The highest BCUT2D eigenvalue weighted by Gasteiger charge is 2.26. The first-order valence-corrected chi connectivity index (χ1v) is 8.42. The largest absolute Gasteiger partial charge is 0.505 e. The lowest BCUT2D eigenvalue weighted by Crippen LogP contribution is -2.11. The van der Waals surface area contributed by atoms with Crippen LogP contribution >= 0.6 is 0 Å². The molecule has 1 aromatic rings. The zero-order valence-electron chi connectivity index (χ0n) is 13.3. The van der Waals surface area contributed by atoms with Gasteiger partial charge in [-0.15, -0.1) is 0 Å². The fourth-order valence-electron chi connectivity index (χ4n) is 4.21. The third-order valence-corrected chi connectivity index (χ3v) is 5.31. The number of nitrogen functional groups attached to an aromatic ring is 1. The number of hydrogen-bond donors (Lipinski definition) is 2. The number of phenolic OH excluding ortho intramolecular Hbond substituents is 1. The fraction of sp³-hybridized carbons (Fsp3) is 0.579. The molecule has 1 aromatic carbocycles. The van der Waals surface area contributed by atoms with E-state index in [0.717, 1.165) is 24.8 Å². The highest BCUT2D eigenvalue weighted by atomic mass is 16.3. The van der Waals surface area contributed by atoms with Crippen molar-refractivity contribution in [2.24, 2.45) is 5.92 Å². The molecule has 0 bridgehead atoms. The molecular formula is C19H27NO. The Morgan fingerprint density at radius 1 is 1.10 bits per heavy atom. The molecular weight excluding hydrogens is 258 g/mol. The summed E-state index contributed by atoms with van der Waals surface area (Å²) in [6, 6.07) is 2.00. The quantitative estimate of drug-likeness (QED) is 0.573. The Kier molecular flexibility index (Phi) is 3.97. The molecule has 0 spiro atoms. The van der Waals surface area contributed by atoms with Crippen molar-refractivity contribution in [3.8, 4) is 5.75 Å². The maximum atomic E-state index is 10.7. The lowest BCUT2D eigenvalue weighted by atomic mass is 9.79. The first kappa shape index (κ1) is 14.5. The van der Waals surface area contributed by atoms with Gasteiger partial charge < -0.3 is 10.8 Å². The molecule has 0 unspecified atom stereocenters. The number of phenols is 1. The van der Waals surface area contributed by atoms with Crippen molar-refractivity contribution in [2.45, 2.75) is 65.2 Å². The van der Waals surface area contributed by atoms with Crippen molar-refractivity contribution in [1.82, 2.24) is 0 Å². The smallest absolute Gasteiger partial charge is 0.146 e. The molecule has 2 aliphatic rings. The Morgan fingerprint density at radius 3 is 2.62 bits per heavy atom. The summed E-state index contributed by atoms with van der Waals surface area (Å²) in [6.07, 6.45) is 9.58. The SMILES string of the molecule is CC1=C(c2c(O)c(N)cc3c2CCCC3)[C@@H](C)CCCC1. The molecule has 0 radical (unpaired) electrons. The van der Waals surface area contributed by atoms with Crippen LogP contribution in [0.15, 0.2) is 11.6 Å². The highest BCUT2D eigenvalue weighted by Crippen LogP contribution is 2.45. The van der Waals surface area contributed by atoms with Crippen LogP contribution < -0.4 is 5.73 Å². The molecule has 0 saturated heterocycles. The number of benzene rings is 1. The minimum absolute atomic E-state index is 0.332. The first-order valence-electron chi connectivity index (χ1n) is 8.42. The number of aryl methyl sites for hydroxylation is 1. The summed E-state index contributed by atoms with van der Waals surface area (Å²) < 4.78 is 0. The van der Waals surface area contributed by atoms with Crippen molar-refractivity contribution in [2.75, 3.05) is 5.73 Å². The summed E-state index contributed by atoms with van der Waals surface area (Å²) >= 11 is 0. The van der Waals surface area contributed by atoms with E-state index in [1.54, 1.807) is 0 Å². The number of aromatic hydroxyl groups is 1. The van der Waals surface area contributed by atoms with E-state index in [1.807, 2.05) is 6.07 Å². The first-order chi connectivity index (χ1) is 10.1. The molecule has 3 N–H and O–H groups in total. The van der Waals surface area contributed by atoms with Gasteiger partial charge in [-0.2, -0.15) is 0 Å². The number of hydrogen-bond acceptors (Lipinski definition) is 2. The van der Waals surface area contributed by atoms with Crippen molar-refractivity contribution < 1.29 is 5.11 Å². The number of fused-ring (bicyclic) bond motifs is 1. The lowest BCUT2D eigenvalue weighted by molar-refractivity contribution is 0.472. The van der Waals surface area contributed by atoms with Crippen LogP contribution in [0, 0.1) is 5.92 Å². The summed E-state index contributed by atoms with van der Waals surface area (Å²) in [4.78, 5) is 0. The summed E-state index contributed by atoms with van der Waals surface area (Å²) in [7, 11) is 0. The van der Waals surface area contributed by atoms with E-state index < -0.39 is 0 Å². The Balaban J connectivity index is 2.23. The van der Waals surface area contributed by atoms with Crippen molar-refractivity contribution >= 4 is 11.3 Å². The van der Waals surface area contributed by atoms with E-state index in [4.69, 9.17) is 5.73 Å². The fourth-order valence-corrected chi connectivity index (χ4v) is 4.21. The third-order valence-electron chi connectivity index (χ3n) is 5.31. The Hall–Kier alpha value is -1.44. The summed E-state index contributed by atoms with van der Waals surface area (Å²) in [5, 5.41) is 10.7. The van der Waals surface area contributed by atoms with Crippen molar-refractivity contribution in [3.63, 3.8) is 0 Å². The summed E-state index contributed by atoms with van der Waals surface area (Å²) in [6.45, 7) is 4.55.